The van der Waals surface area contributed by atoms with E-state index in [4.69, 9.17) is 9.26 Å². The van der Waals surface area contributed by atoms with E-state index in [1.54, 1.807) is 38.4 Å². The summed E-state index contributed by atoms with van der Waals surface area (Å²) >= 11 is 0. The first-order chi connectivity index (χ1) is 16.3. The lowest BCUT2D eigenvalue weighted by atomic mass is 9.89. The van der Waals surface area contributed by atoms with Gasteiger partial charge in [-0.1, -0.05) is 30.8 Å². The van der Waals surface area contributed by atoms with Crippen LogP contribution in [0.4, 0.5) is 5.69 Å². The fourth-order valence-electron chi connectivity index (χ4n) is 3.98. The molecule has 0 aliphatic heterocycles. The SMILES string of the molecule is CC(=O)NC1(c2noc(CCC(=O)Nc3ccc(OCC(=O)N(C)C)cc3)n2)CCCCCC1. The van der Waals surface area contributed by atoms with Crippen molar-refractivity contribution in [1.29, 1.82) is 0 Å². The summed E-state index contributed by atoms with van der Waals surface area (Å²) in [6.45, 7) is 1.45. The van der Waals surface area contributed by atoms with Gasteiger partial charge in [0.1, 0.15) is 11.3 Å². The van der Waals surface area contributed by atoms with Crippen LogP contribution in [-0.2, 0) is 26.3 Å². The van der Waals surface area contributed by atoms with Crippen molar-refractivity contribution in [2.24, 2.45) is 0 Å². The van der Waals surface area contributed by atoms with Gasteiger partial charge >= 0.3 is 0 Å². The summed E-state index contributed by atoms with van der Waals surface area (Å²) < 4.78 is 10.8. The molecule has 1 aliphatic carbocycles. The lowest BCUT2D eigenvalue weighted by molar-refractivity contribution is -0.130. The van der Waals surface area contributed by atoms with Gasteiger partial charge in [-0.05, 0) is 37.1 Å². The van der Waals surface area contributed by atoms with Gasteiger partial charge in [0.2, 0.25) is 17.7 Å². The van der Waals surface area contributed by atoms with Crippen molar-refractivity contribution in [3.8, 4) is 5.75 Å². The number of rotatable bonds is 9. The van der Waals surface area contributed by atoms with Gasteiger partial charge in [0, 0.05) is 39.5 Å². The first kappa shape index (κ1) is 25.2. The quantitative estimate of drug-likeness (QED) is 0.539. The van der Waals surface area contributed by atoms with Gasteiger partial charge in [0.25, 0.3) is 5.91 Å². The molecule has 1 fully saturated rings. The lowest BCUT2D eigenvalue weighted by Gasteiger charge is -2.30. The molecule has 1 aromatic carbocycles. The number of carbonyl (C=O) groups excluding carboxylic acids is 3. The van der Waals surface area contributed by atoms with Crippen LogP contribution in [0.2, 0.25) is 0 Å². The van der Waals surface area contributed by atoms with Gasteiger partial charge in [0.05, 0.1) is 0 Å². The predicted molar refractivity (Wildman–Crippen MR) is 125 cm³/mol. The number of likely N-dealkylation sites (N-methyl/N-ethyl adjacent to an activating group) is 1. The highest BCUT2D eigenvalue weighted by atomic mass is 16.5. The number of anilines is 1. The minimum absolute atomic E-state index is 0.0475. The van der Waals surface area contributed by atoms with Crippen molar-refractivity contribution in [3.63, 3.8) is 0 Å². The third kappa shape index (κ3) is 7.03. The van der Waals surface area contributed by atoms with Gasteiger partial charge in [-0.3, -0.25) is 14.4 Å². The molecule has 10 nitrogen and oxygen atoms in total. The maximum Gasteiger partial charge on any atom is 0.259 e. The van der Waals surface area contributed by atoms with E-state index in [1.165, 1.54) is 11.8 Å². The second-order valence-corrected chi connectivity index (χ2v) is 8.84. The molecule has 1 saturated carbocycles. The molecule has 0 saturated heterocycles. The van der Waals surface area contributed by atoms with Gasteiger partial charge in [-0.15, -0.1) is 0 Å². The van der Waals surface area contributed by atoms with Crippen LogP contribution in [0.25, 0.3) is 0 Å². The number of carbonyl (C=O) groups is 3. The molecule has 0 spiro atoms. The van der Waals surface area contributed by atoms with Crippen molar-refractivity contribution >= 4 is 23.4 Å². The minimum Gasteiger partial charge on any atom is -0.484 e. The Morgan fingerprint density at radius 2 is 1.76 bits per heavy atom. The first-order valence-corrected chi connectivity index (χ1v) is 11.6. The Morgan fingerprint density at radius 1 is 1.09 bits per heavy atom. The van der Waals surface area contributed by atoms with Gasteiger partial charge in [-0.25, -0.2) is 0 Å². The first-order valence-electron chi connectivity index (χ1n) is 11.6. The summed E-state index contributed by atoms with van der Waals surface area (Å²) in [5, 5.41) is 10.0. The Labute approximate surface area is 199 Å². The zero-order valence-corrected chi connectivity index (χ0v) is 20.1. The number of aryl methyl sites for hydroxylation is 1. The van der Waals surface area contributed by atoms with Gasteiger partial charge in [0.15, 0.2) is 12.4 Å². The summed E-state index contributed by atoms with van der Waals surface area (Å²) in [4.78, 5) is 41.8. The second-order valence-electron chi connectivity index (χ2n) is 8.84. The van der Waals surface area contributed by atoms with E-state index in [-0.39, 0.29) is 30.7 Å². The topological polar surface area (TPSA) is 127 Å². The number of aromatic nitrogens is 2. The van der Waals surface area contributed by atoms with Crippen molar-refractivity contribution in [3.05, 3.63) is 36.0 Å². The number of hydrogen-bond acceptors (Lipinski definition) is 7. The molecule has 0 unspecified atom stereocenters. The molecule has 0 atom stereocenters. The van der Waals surface area contributed by atoms with Crippen LogP contribution in [0.5, 0.6) is 5.75 Å². The Morgan fingerprint density at radius 3 is 2.38 bits per heavy atom. The Balaban J connectivity index is 1.52. The highest BCUT2D eigenvalue weighted by Gasteiger charge is 2.38. The molecule has 10 heteroatoms. The third-order valence-corrected chi connectivity index (χ3v) is 5.83. The molecule has 2 N–H and O–H groups in total. The molecule has 184 valence electrons. The highest BCUT2D eigenvalue weighted by molar-refractivity contribution is 5.90. The lowest BCUT2D eigenvalue weighted by Crippen LogP contribution is -2.45. The van der Waals surface area contributed by atoms with Crippen molar-refractivity contribution in [2.75, 3.05) is 26.0 Å². The zero-order valence-electron chi connectivity index (χ0n) is 20.1. The number of ether oxygens (including phenoxy) is 1. The number of hydrogen-bond donors (Lipinski definition) is 2. The molecule has 3 rings (SSSR count). The van der Waals surface area contributed by atoms with Gasteiger partial charge < -0.3 is 24.8 Å². The fraction of sp³-hybridized carbons (Fsp3) is 0.542. The van der Waals surface area contributed by atoms with Crippen molar-refractivity contribution < 1.29 is 23.6 Å². The molecule has 2 aromatic rings. The summed E-state index contributed by atoms with van der Waals surface area (Å²) in [5.41, 5.74) is 0.0124. The molecule has 0 radical (unpaired) electrons. The Kier molecular flexibility index (Phi) is 8.61. The van der Waals surface area contributed by atoms with Crippen LogP contribution in [-0.4, -0.2) is 53.5 Å². The zero-order chi connectivity index (χ0) is 24.6. The van der Waals surface area contributed by atoms with E-state index in [0.717, 1.165) is 38.5 Å². The summed E-state index contributed by atoms with van der Waals surface area (Å²) in [6, 6.07) is 6.80. The largest absolute Gasteiger partial charge is 0.484 e. The maximum absolute atomic E-state index is 12.4. The summed E-state index contributed by atoms with van der Waals surface area (Å²) in [6.07, 6.45) is 6.23. The van der Waals surface area contributed by atoms with E-state index in [9.17, 15) is 14.4 Å². The molecule has 0 bridgehead atoms. The van der Waals surface area contributed by atoms with Crippen LogP contribution in [0.3, 0.4) is 0 Å². The van der Waals surface area contributed by atoms with E-state index < -0.39 is 5.54 Å². The maximum atomic E-state index is 12.4. The average molecular weight is 472 g/mol. The van der Waals surface area contributed by atoms with Crippen LogP contribution in [0.1, 0.15) is 63.6 Å². The molecule has 1 aromatic heterocycles. The Bertz CT molecular complexity index is 978. The summed E-state index contributed by atoms with van der Waals surface area (Å²) in [7, 11) is 3.33. The predicted octanol–water partition coefficient (Wildman–Crippen LogP) is 2.79. The standard InChI is InChI=1S/C24H33N5O5/c1-17(30)27-24(14-6-4-5-7-15-24)23-26-21(34-28-23)13-12-20(31)25-18-8-10-19(11-9-18)33-16-22(32)29(2)3/h8-11H,4-7,12-16H2,1-3H3,(H,25,31)(H,27,30). The van der Waals surface area contributed by atoms with Crippen molar-refractivity contribution in [2.45, 2.75) is 63.8 Å². The number of benzene rings is 1. The molecule has 34 heavy (non-hydrogen) atoms. The van der Waals surface area contributed by atoms with E-state index >= 15 is 0 Å². The second kappa shape index (κ2) is 11.6. The molecule has 1 heterocycles. The van der Waals surface area contributed by atoms with Crippen molar-refractivity contribution in [1.82, 2.24) is 20.4 Å². The third-order valence-electron chi connectivity index (χ3n) is 5.83. The van der Waals surface area contributed by atoms with Crippen LogP contribution < -0.4 is 15.4 Å². The minimum atomic E-state index is -0.604. The number of amides is 3. The normalized spacial score (nSPS) is 15.1. The van der Waals surface area contributed by atoms with E-state index in [1.807, 2.05) is 0 Å². The highest BCUT2D eigenvalue weighted by Crippen LogP contribution is 2.34. The van der Waals surface area contributed by atoms with Gasteiger partial charge in [-0.2, -0.15) is 4.98 Å². The number of nitrogens with zero attached hydrogens (tertiary/aromatic N) is 3. The Hall–Kier alpha value is -3.43. The molecule has 1 aliphatic rings. The van der Waals surface area contributed by atoms with Crippen LogP contribution in [0, 0.1) is 0 Å². The van der Waals surface area contributed by atoms with E-state index in [2.05, 4.69) is 20.8 Å². The van der Waals surface area contributed by atoms with Crippen LogP contribution in [0.15, 0.2) is 28.8 Å². The number of nitrogens with one attached hydrogen (secondary N) is 2. The van der Waals surface area contributed by atoms with Crippen LogP contribution >= 0.6 is 0 Å². The monoisotopic (exact) mass is 471 g/mol. The van der Waals surface area contributed by atoms with E-state index in [0.29, 0.717) is 29.6 Å². The smallest absolute Gasteiger partial charge is 0.259 e. The molecule has 3 amide bonds. The fourth-order valence-corrected chi connectivity index (χ4v) is 3.98. The molecular weight excluding hydrogens is 438 g/mol. The summed E-state index contributed by atoms with van der Waals surface area (Å²) in [5.74, 6) is 0.953. The molecular formula is C24H33N5O5. The average Bonchev–Trinajstić information content (AvgIpc) is 3.16.